The number of anilines is 1. The molecule has 0 unspecified atom stereocenters. The van der Waals surface area contributed by atoms with Crippen LogP contribution in [0.5, 0.6) is 0 Å². The minimum atomic E-state index is -0.0710. The molecule has 1 N–H and O–H groups in total. The molecule has 0 saturated carbocycles. The maximum atomic E-state index is 11.9. The summed E-state index contributed by atoms with van der Waals surface area (Å²) < 4.78 is 0. The van der Waals surface area contributed by atoms with E-state index in [1.165, 1.54) is 6.92 Å². The Bertz CT molecular complexity index is 488. The van der Waals surface area contributed by atoms with Gasteiger partial charge in [-0.2, -0.15) is 0 Å². The average Bonchev–Trinajstić information content (AvgIpc) is 2.31. The first-order chi connectivity index (χ1) is 8.58. The second kappa shape index (κ2) is 5.44. The SMILES string of the molecule is CC(=O)NCCN1C(=O)CSc2ccc(C)cc21. The second-order valence-electron chi connectivity index (χ2n) is 4.29. The van der Waals surface area contributed by atoms with Gasteiger partial charge < -0.3 is 10.2 Å². The van der Waals surface area contributed by atoms with E-state index in [4.69, 9.17) is 0 Å². The van der Waals surface area contributed by atoms with Gasteiger partial charge in [-0.3, -0.25) is 9.59 Å². The summed E-state index contributed by atoms with van der Waals surface area (Å²) in [5.41, 5.74) is 2.09. The molecule has 96 valence electrons. The number of rotatable bonds is 3. The van der Waals surface area contributed by atoms with Gasteiger partial charge in [0.2, 0.25) is 11.8 Å². The van der Waals surface area contributed by atoms with E-state index in [1.807, 2.05) is 25.1 Å². The summed E-state index contributed by atoms with van der Waals surface area (Å²) in [7, 11) is 0. The van der Waals surface area contributed by atoms with Crippen LogP contribution in [0.4, 0.5) is 5.69 Å². The predicted molar refractivity (Wildman–Crippen MR) is 72.9 cm³/mol. The third-order valence-corrected chi connectivity index (χ3v) is 3.81. The van der Waals surface area contributed by atoms with E-state index in [0.29, 0.717) is 18.8 Å². The Balaban J connectivity index is 2.16. The van der Waals surface area contributed by atoms with Gasteiger partial charge in [0, 0.05) is 24.9 Å². The van der Waals surface area contributed by atoms with E-state index in [2.05, 4.69) is 5.32 Å². The summed E-state index contributed by atoms with van der Waals surface area (Å²) in [6.07, 6.45) is 0. The molecule has 1 heterocycles. The molecule has 0 aromatic heterocycles. The largest absolute Gasteiger partial charge is 0.355 e. The first-order valence-corrected chi connectivity index (χ1v) is 6.85. The van der Waals surface area contributed by atoms with Gasteiger partial charge in [-0.15, -0.1) is 11.8 Å². The molecule has 0 spiro atoms. The Labute approximate surface area is 111 Å². The number of nitrogens with one attached hydrogen (secondary N) is 1. The van der Waals surface area contributed by atoms with Crippen LogP contribution in [0.1, 0.15) is 12.5 Å². The van der Waals surface area contributed by atoms with Crippen LogP contribution < -0.4 is 10.2 Å². The minimum Gasteiger partial charge on any atom is -0.355 e. The minimum absolute atomic E-state index is 0.0710. The number of thioether (sulfide) groups is 1. The van der Waals surface area contributed by atoms with Crippen molar-refractivity contribution < 1.29 is 9.59 Å². The van der Waals surface area contributed by atoms with Crippen LogP contribution in [0, 0.1) is 6.92 Å². The zero-order chi connectivity index (χ0) is 13.1. The number of aryl methyl sites for hydroxylation is 1. The molecule has 1 aromatic carbocycles. The highest BCUT2D eigenvalue weighted by Gasteiger charge is 2.24. The quantitative estimate of drug-likeness (QED) is 0.901. The molecule has 1 aromatic rings. The highest BCUT2D eigenvalue weighted by molar-refractivity contribution is 8.00. The standard InChI is InChI=1S/C13H16N2O2S/c1-9-3-4-12-11(7-9)15(13(17)8-18-12)6-5-14-10(2)16/h3-4,7H,5-6,8H2,1-2H3,(H,14,16). The molecule has 0 radical (unpaired) electrons. The molecule has 4 nitrogen and oxygen atoms in total. The summed E-state index contributed by atoms with van der Waals surface area (Å²) in [6.45, 7) is 4.50. The van der Waals surface area contributed by atoms with Crippen LogP contribution in [0.15, 0.2) is 23.1 Å². The predicted octanol–water partition coefficient (Wildman–Crippen LogP) is 1.57. The lowest BCUT2D eigenvalue weighted by Gasteiger charge is -2.29. The topological polar surface area (TPSA) is 49.4 Å². The molecule has 0 atom stereocenters. The molecule has 0 aliphatic carbocycles. The Hall–Kier alpha value is -1.49. The fourth-order valence-corrected chi connectivity index (χ4v) is 2.82. The van der Waals surface area contributed by atoms with Crippen molar-refractivity contribution in [3.8, 4) is 0 Å². The smallest absolute Gasteiger partial charge is 0.237 e. The van der Waals surface area contributed by atoms with Gasteiger partial charge in [0.25, 0.3) is 0 Å². The number of carbonyl (C=O) groups excluding carboxylic acids is 2. The summed E-state index contributed by atoms with van der Waals surface area (Å²) in [6, 6.07) is 6.12. The molecule has 1 aliphatic rings. The second-order valence-corrected chi connectivity index (χ2v) is 5.31. The van der Waals surface area contributed by atoms with Crippen LogP contribution in [0.2, 0.25) is 0 Å². The van der Waals surface area contributed by atoms with E-state index in [1.54, 1.807) is 16.7 Å². The fourth-order valence-electron chi connectivity index (χ4n) is 1.90. The van der Waals surface area contributed by atoms with Crippen molar-refractivity contribution in [3.63, 3.8) is 0 Å². The number of hydrogen-bond donors (Lipinski definition) is 1. The van der Waals surface area contributed by atoms with Gasteiger partial charge in [-0.05, 0) is 24.6 Å². The summed E-state index contributed by atoms with van der Waals surface area (Å²) in [5, 5.41) is 2.72. The molecule has 2 rings (SSSR count). The zero-order valence-corrected chi connectivity index (χ0v) is 11.3. The highest BCUT2D eigenvalue weighted by Crippen LogP contribution is 2.35. The van der Waals surface area contributed by atoms with Gasteiger partial charge in [0.15, 0.2) is 0 Å². The van der Waals surface area contributed by atoms with Gasteiger partial charge in [0.1, 0.15) is 0 Å². The normalized spacial score (nSPS) is 14.3. The van der Waals surface area contributed by atoms with Crippen molar-refractivity contribution >= 4 is 29.3 Å². The molecule has 18 heavy (non-hydrogen) atoms. The summed E-state index contributed by atoms with van der Waals surface area (Å²) >= 11 is 1.57. The zero-order valence-electron chi connectivity index (χ0n) is 10.5. The number of fused-ring (bicyclic) bond motifs is 1. The molecule has 0 fully saturated rings. The Morgan fingerprint density at radius 2 is 2.28 bits per heavy atom. The van der Waals surface area contributed by atoms with E-state index in [9.17, 15) is 9.59 Å². The van der Waals surface area contributed by atoms with Crippen molar-refractivity contribution in [2.24, 2.45) is 0 Å². The van der Waals surface area contributed by atoms with E-state index in [0.717, 1.165) is 16.1 Å². The molecule has 5 heteroatoms. The van der Waals surface area contributed by atoms with Crippen molar-refractivity contribution in [3.05, 3.63) is 23.8 Å². The first kappa shape index (κ1) is 13.0. The van der Waals surface area contributed by atoms with Crippen LogP contribution in [-0.4, -0.2) is 30.7 Å². The highest BCUT2D eigenvalue weighted by atomic mass is 32.2. The van der Waals surface area contributed by atoms with Crippen LogP contribution in [0.3, 0.4) is 0 Å². The van der Waals surface area contributed by atoms with Crippen LogP contribution in [-0.2, 0) is 9.59 Å². The van der Waals surface area contributed by atoms with Crippen LogP contribution in [0.25, 0.3) is 0 Å². The lowest BCUT2D eigenvalue weighted by atomic mass is 10.2. The van der Waals surface area contributed by atoms with Crippen molar-refractivity contribution in [2.45, 2.75) is 18.7 Å². The maximum absolute atomic E-state index is 11.9. The van der Waals surface area contributed by atoms with Gasteiger partial charge >= 0.3 is 0 Å². The average molecular weight is 264 g/mol. The monoisotopic (exact) mass is 264 g/mol. The van der Waals surface area contributed by atoms with Gasteiger partial charge in [-0.1, -0.05) is 6.07 Å². The number of nitrogens with zero attached hydrogens (tertiary/aromatic N) is 1. The Kier molecular flexibility index (Phi) is 3.91. The summed E-state index contributed by atoms with van der Waals surface area (Å²) in [4.78, 5) is 25.7. The molecule has 1 aliphatic heterocycles. The number of benzene rings is 1. The molecular formula is C13H16N2O2S. The lowest BCUT2D eigenvalue weighted by Crippen LogP contribution is -2.41. The third kappa shape index (κ3) is 2.85. The lowest BCUT2D eigenvalue weighted by molar-refractivity contribution is -0.119. The van der Waals surface area contributed by atoms with E-state index < -0.39 is 0 Å². The van der Waals surface area contributed by atoms with E-state index in [-0.39, 0.29) is 11.8 Å². The molecule has 2 amide bonds. The fraction of sp³-hybridized carbons (Fsp3) is 0.385. The molecular weight excluding hydrogens is 248 g/mol. The third-order valence-electron chi connectivity index (χ3n) is 2.77. The van der Waals surface area contributed by atoms with E-state index >= 15 is 0 Å². The molecule has 0 saturated heterocycles. The number of carbonyl (C=O) groups is 2. The molecule has 0 bridgehead atoms. The van der Waals surface area contributed by atoms with Crippen molar-refractivity contribution in [2.75, 3.05) is 23.7 Å². The number of amides is 2. The summed E-state index contributed by atoms with van der Waals surface area (Å²) in [5.74, 6) is 0.498. The Morgan fingerprint density at radius 1 is 1.50 bits per heavy atom. The van der Waals surface area contributed by atoms with Gasteiger partial charge in [0.05, 0.1) is 11.4 Å². The first-order valence-electron chi connectivity index (χ1n) is 5.86. The Morgan fingerprint density at radius 3 is 3.00 bits per heavy atom. The maximum Gasteiger partial charge on any atom is 0.237 e. The number of hydrogen-bond acceptors (Lipinski definition) is 3. The van der Waals surface area contributed by atoms with Crippen molar-refractivity contribution in [1.29, 1.82) is 0 Å². The van der Waals surface area contributed by atoms with Crippen molar-refractivity contribution in [1.82, 2.24) is 5.32 Å². The van der Waals surface area contributed by atoms with Crippen LogP contribution >= 0.6 is 11.8 Å². The van der Waals surface area contributed by atoms with Gasteiger partial charge in [-0.25, -0.2) is 0 Å².